The number of nitrogens with two attached hydrogens (primary N) is 1. The molecule has 13 heteroatoms. The Balaban J connectivity index is 1.13. The molecule has 12 nitrogen and oxygen atoms in total. The fourth-order valence-electron chi connectivity index (χ4n) is 5.52. The minimum Gasteiger partial charge on any atom is -0.445 e. The van der Waals surface area contributed by atoms with Crippen molar-refractivity contribution in [1.29, 1.82) is 0 Å². The van der Waals surface area contributed by atoms with Crippen LogP contribution in [-0.4, -0.2) is 63.9 Å². The molecule has 2 aromatic carbocycles. The van der Waals surface area contributed by atoms with Gasteiger partial charge in [0.1, 0.15) is 17.9 Å². The van der Waals surface area contributed by atoms with Gasteiger partial charge in [-0.2, -0.15) is 10.2 Å². The van der Waals surface area contributed by atoms with Gasteiger partial charge >= 0.3 is 6.09 Å². The summed E-state index contributed by atoms with van der Waals surface area (Å²) in [7, 11) is 1.74. The maximum atomic E-state index is 14.8. The number of fused-ring (bicyclic) bond motifs is 1. The summed E-state index contributed by atoms with van der Waals surface area (Å²) < 4.78 is 24.3. The number of hydrogen-bond donors (Lipinski definition) is 2. The molecule has 43 heavy (non-hydrogen) atoms. The molecular weight excluding hydrogens is 555 g/mol. The molecule has 222 valence electrons. The van der Waals surface area contributed by atoms with Gasteiger partial charge in [-0.05, 0) is 36.6 Å². The van der Waals surface area contributed by atoms with Gasteiger partial charge in [0.2, 0.25) is 0 Å². The highest BCUT2D eigenvalue weighted by Gasteiger charge is 2.33. The van der Waals surface area contributed by atoms with E-state index in [0.29, 0.717) is 54.9 Å². The minimum atomic E-state index is -1.11. The number of carbonyl (C=O) groups is 1. The lowest BCUT2D eigenvalue weighted by molar-refractivity contribution is -0.0366. The number of benzene rings is 2. The van der Waals surface area contributed by atoms with Crippen molar-refractivity contribution >= 4 is 17.1 Å². The number of likely N-dealkylation sites (tertiary alicyclic amines) is 1. The molecular formula is C30H31FN8O4. The molecule has 0 unspecified atom stereocenters. The number of halogens is 1. The van der Waals surface area contributed by atoms with E-state index in [-0.39, 0.29) is 30.0 Å². The predicted molar refractivity (Wildman–Crippen MR) is 156 cm³/mol. The van der Waals surface area contributed by atoms with E-state index in [4.69, 9.17) is 10.5 Å². The zero-order valence-electron chi connectivity index (χ0n) is 23.6. The van der Waals surface area contributed by atoms with E-state index in [9.17, 15) is 19.1 Å². The van der Waals surface area contributed by atoms with Gasteiger partial charge in [0, 0.05) is 50.2 Å². The Hall–Kier alpha value is -4.88. The molecule has 0 saturated carbocycles. The highest BCUT2D eigenvalue weighted by atomic mass is 19.1. The molecule has 1 saturated heterocycles. The summed E-state index contributed by atoms with van der Waals surface area (Å²) in [5, 5.41) is 20.0. The molecule has 1 amide bonds. The Morgan fingerprint density at radius 1 is 1.14 bits per heavy atom. The lowest BCUT2D eigenvalue weighted by Gasteiger charge is -2.38. The van der Waals surface area contributed by atoms with Gasteiger partial charge in [-0.15, -0.1) is 0 Å². The van der Waals surface area contributed by atoms with Crippen LogP contribution >= 0.6 is 0 Å². The average Bonchev–Trinajstić information content (AvgIpc) is 3.65. The van der Waals surface area contributed by atoms with Crippen molar-refractivity contribution in [2.75, 3.05) is 13.1 Å². The predicted octanol–water partition coefficient (Wildman–Crippen LogP) is 2.74. The Morgan fingerprint density at radius 3 is 2.58 bits per heavy atom. The fourth-order valence-corrected chi connectivity index (χ4v) is 5.52. The number of primary amides is 1. The van der Waals surface area contributed by atoms with Crippen LogP contribution < -0.4 is 11.3 Å². The van der Waals surface area contributed by atoms with Crippen LogP contribution in [0.2, 0.25) is 0 Å². The lowest BCUT2D eigenvalue weighted by Crippen LogP contribution is -2.47. The largest absolute Gasteiger partial charge is 0.445 e. The normalized spacial score (nSPS) is 15.1. The second kappa shape index (κ2) is 11.4. The van der Waals surface area contributed by atoms with Crippen molar-refractivity contribution in [1.82, 2.24) is 34.0 Å². The van der Waals surface area contributed by atoms with E-state index in [1.165, 1.54) is 17.0 Å². The molecule has 1 aliphatic heterocycles. The second-order valence-electron chi connectivity index (χ2n) is 10.9. The van der Waals surface area contributed by atoms with E-state index in [2.05, 4.69) is 20.1 Å². The van der Waals surface area contributed by atoms with Crippen molar-refractivity contribution < 1.29 is 19.0 Å². The maximum absolute atomic E-state index is 14.8. The molecule has 5 aromatic rings. The van der Waals surface area contributed by atoms with Crippen molar-refractivity contribution in [2.24, 2.45) is 12.8 Å². The highest BCUT2D eigenvalue weighted by molar-refractivity contribution is 5.89. The van der Waals surface area contributed by atoms with E-state index in [1.54, 1.807) is 53.1 Å². The van der Waals surface area contributed by atoms with Crippen LogP contribution in [0.5, 0.6) is 0 Å². The molecule has 0 aliphatic carbocycles. The molecule has 3 aromatic heterocycles. The van der Waals surface area contributed by atoms with Crippen molar-refractivity contribution in [2.45, 2.75) is 38.1 Å². The van der Waals surface area contributed by atoms with Gasteiger partial charge in [0.15, 0.2) is 5.52 Å². The fraction of sp³-hybridized carbons (Fsp3) is 0.300. The molecule has 4 heterocycles. The molecule has 0 spiro atoms. The first-order valence-electron chi connectivity index (χ1n) is 13.9. The number of aryl methyl sites for hydroxylation is 1. The Kier molecular flexibility index (Phi) is 7.50. The number of aliphatic hydroxyl groups is 1. The van der Waals surface area contributed by atoms with E-state index in [0.717, 1.165) is 11.1 Å². The quantitative estimate of drug-likeness (QED) is 0.282. The summed E-state index contributed by atoms with van der Waals surface area (Å²) in [5.74, 6) is -0.303. The van der Waals surface area contributed by atoms with Crippen LogP contribution in [0.3, 0.4) is 0 Å². The third-order valence-electron chi connectivity index (χ3n) is 7.87. The van der Waals surface area contributed by atoms with Gasteiger partial charge in [0.25, 0.3) is 5.56 Å². The van der Waals surface area contributed by atoms with Crippen LogP contribution in [0.25, 0.3) is 28.0 Å². The van der Waals surface area contributed by atoms with Gasteiger partial charge in [-0.25, -0.2) is 18.9 Å². The monoisotopic (exact) mass is 586 g/mol. The third kappa shape index (κ3) is 5.90. The van der Waals surface area contributed by atoms with Gasteiger partial charge < -0.3 is 15.6 Å². The lowest BCUT2D eigenvalue weighted by atomic mass is 9.91. The summed E-state index contributed by atoms with van der Waals surface area (Å²) >= 11 is 0. The molecule has 0 bridgehead atoms. The van der Waals surface area contributed by atoms with Gasteiger partial charge in [-0.1, -0.05) is 30.3 Å². The van der Waals surface area contributed by atoms with Crippen molar-refractivity contribution in [3.8, 4) is 16.9 Å². The Labute approximate surface area is 245 Å². The molecule has 1 fully saturated rings. The van der Waals surface area contributed by atoms with Crippen LogP contribution in [0.1, 0.15) is 24.0 Å². The number of aromatic nitrogens is 6. The number of rotatable bonds is 8. The second-order valence-corrected chi connectivity index (χ2v) is 10.9. The first-order chi connectivity index (χ1) is 20.7. The SMILES string of the molecule is Cn1nc2c(=O)n(CC3(O)CCN(Cc4ccc(-n5cccn5)cc4F)CC3)cnc2c1-c1ccc(COC(N)=O)cc1. The Morgan fingerprint density at radius 2 is 1.91 bits per heavy atom. The van der Waals surface area contributed by atoms with E-state index < -0.39 is 11.7 Å². The van der Waals surface area contributed by atoms with Crippen LogP contribution in [0.15, 0.2) is 72.0 Å². The number of hydrogen-bond acceptors (Lipinski definition) is 8. The van der Waals surface area contributed by atoms with Gasteiger partial charge in [0.05, 0.1) is 29.9 Å². The zero-order valence-corrected chi connectivity index (χ0v) is 23.6. The highest BCUT2D eigenvalue weighted by Crippen LogP contribution is 2.28. The smallest absolute Gasteiger partial charge is 0.404 e. The zero-order chi connectivity index (χ0) is 30.1. The van der Waals surface area contributed by atoms with E-state index >= 15 is 0 Å². The third-order valence-corrected chi connectivity index (χ3v) is 7.87. The summed E-state index contributed by atoms with van der Waals surface area (Å²) in [6.45, 7) is 1.66. The topological polar surface area (TPSA) is 146 Å². The van der Waals surface area contributed by atoms with Crippen LogP contribution in [-0.2, 0) is 31.5 Å². The number of ether oxygens (including phenoxy) is 1. The van der Waals surface area contributed by atoms with Gasteiger partial charge in [-0.3, -0.25) is 18.9 Å². The molecule has 0 atom stereocenters. The first-order valence-corrected chi connectivity index (χ1v) is 13.9. The number of carbonyl (C=O) groups excluding carboxylic acids is 1. The van der Waals surface area contributed by atoms with Crippen molar-refractivity contribution in [3.05, 3.63) is 94.5 Å². The maximum Gasteiger partial charge on any atom is 0.404 e. The summed E-state index contributed by atoms with van der Waals surface area (Å²) in [6.07, 6.45) is 4.85. The number of nitrogens with zero attached hydrogens (tertiary/aromatic N) is 7. The number of amides is 1. The molecule has 1 aliphatic rings. The summed E-state index contributed by atoms with van der Waals surface area (Å²) in [5.41, 5.74) is 7.68. The summed E-state index contributed by atoms with van der Waals surface area (Å²) in [6, 6.07) is 14.1. The summed E-state index contributed by atoms with van der Waals surface area (Å²) in [4.78, 5) is 30.9. The van der Waals surface area contributed by atoms with Crippen LogP contribution in [0.4, 0.5) is 9.18 Å². The first kappa shape index (κ1) is 28.2. The molecule has 0 radical (unpaired) electrons. The standard InChI is InChI=1S/C30H31FN8O4/c1-36-27(21-5-3-20(4-6-21)17-43-29(32)41)25-26(35-36)28(40)38(19-33-25)18-30(42)9-13-37(14-10-30)16-22-7-8-23(15-24(22)31)39-12-2-11-34-39/h2-8,11-12,15,19,42H,9-10,13-14,16-18H2,1H3,(H2,32,41). The minimum absolute atomic E-state index is 0.0577. The average molecular weight is 587 g/mol. The molecule has 6 rings (SSSR count). The van der Waals surface area contributed by atoms with Crippen LogP contribution in [0, 0.1) is 5.82 Å². The Bertz CT molecular complexity index is 1820. The molecule has 3 N–H and O–H groups in total. The number of piperidine rings is 1. The van der Waals surface area contributed by atoms with E-state index in [1.807, 2.05) is 18.2 Å². The van der Waals surface area contributed by atoms with Crippen molar-refractivity contribution in [3.63, 3.8) is 0 Å².